The van der Waals surface area contributed by atoms with Crippen LogP contribution in [0.2, 0.25) is 0 Å². The summed E-state index contributed by atoms with van der Waals surface area (Å²) in [6.45, 7) is 6.67. The molecule has 0 amide bonds. The number of hydrogen-bond donors (Lipinski definition) is 0. The van der Waals surface area contributed by atoms with Gasteiger partial charge in [-0.05, 0) is 16.5 Å². The maximum Gasteiger partial charge on any atom is 0.0303 e. The Hall–Kier alpha value is -0.693. The van der Waals surface area contributed by atoms with Gasteiger partial charge in [0.25, 0.3) is 0 Å². The quantitative estimate of drug-likeness (QED) is 0.573. The first kappa shape index (κ1) is 9.40. The van der Waals surface area contributed by atoms with E-state index in [9.17, 15) is 0 Å². The molecule has 0 aromatic heterocycles. The molecule has 2 radical (unpaired) electrons. The summed E-state index contributed by atoms with van der Waals surface area (Å²) in [5.74, 6) is 0. The van der Waals surface area contributed by atoms with E-state index in [0.717, 1.165) is 0 Å². The van der Waals surface area contributed by atoms with E-state index in [0.29, 0.717) is 0 Å². The Morgan fingerprint density at radius 3 is 2.42 bits per heavy atom. The third-order valence-electron chi connectivity index (χ3n) is 1.92. The van der Waals surface area contributed by atoms with Gasteiger partial charge < -0.3 is 0 Å². The lowest BCUT2D eigenvalue weighted by molar-refractivity contribution is 0.590. The van der Waals surface area contributed by atoms with Crippen LogP contribution >= 0.6 is 0 Å². The van der Waals surface area contributed by atoms with E-state index >= 15 is 0 Å². The second-order valence-electron chi connectivity index (χ2n) is 4.02. The van der Waals surface area contributed by atoms with Gasteiger partial charge in [0.2, 0.25) is 0 Å². The first-order chi connectivity index (χ1) is 5.54. The second kappa shape index (κ2) is 3.36. The molecule has 0 saturated heterocycles. The Morgan fingerprint density at radius 2 is 1.92 bits per heavy atom. The van der Waals surface area contributed by atoms with Gasteiger partial charge in [0.1, 0.15) is 0 Å². The lowest BCUT2D eigenvalue weighted by Crippen LogP contribution is -2.11. The highest BCUT2D eigenvalue weighted by Gasteiger charge is 2.12. The van der Waals surface area contributed by atoms with Crippen LogP contribution in [-0.4, -0.2) is 15.5 Å². The zero-order valence-corrected chi connectivity index (χ0v) is 8.89. The van der Waals surface area contributed by atoms with Crippen molar-refractivity contribution in [3.05, 3.63) is 35.4 Å². The van der Waals surface area contributed by atoms with Crippen LogP contribution in [0.4, 0.5) is 0 Å². The third-order valence-corrected chi connectivity index (χ3v) is 2.25. The minimum Gasteiger partial charge on any atom is -0.0737 e. The zero-order chi connectivity index (χ0) is 9.19. The molecule has 0 bridgehead atoms. The van der Waals surface area contributed by atoms with Gasteiger partial charge in [-0.25, -0.2) is 0 Å². The molecule has 1 aromatic carbocycles. The summed E-state index contributed by atoms with van der Waals surface area (Å²) in [6, 6.07) is 8.54. The average molecular weight is 174 g/mol. The highest BCUT2D eigenvalue weighted by atomic mass is 28.1. The number of rotatable bonds is 1. The minimum atomic E-state index is 0.241. The van der Waals surface area contributed by atoms with Crippen molar-refractivity contribution in [1.82, 2.24) is 0 Å². The molecule has 0 atom stereocenters. The SMILES string of the molecule is CC(C)(C)c1cccc(C=[Si])c1. The topological polar surface area (TPSA) is 0 Å². The maximum absolute atomic E-state index is 3.38. The molecule has 0 unspecified atom stereocenters. The molecule has 0 fully saturated rings. The molecule has 1 aromatic rings. The number of hydrogen-bond acceptors (Lipinski definition) is 0. The van der Waals surface area contributed by atoms with Gasteiger partial charge in [-0.1, -0.05) is 50.7 Å². The fourth-order valence-electron chi connectivity index (χ4n) is 1.09. The van der Waals surface area contributed by atoms with E-state index in [1.165, 1.54) is 11.1 Å². The first-order valence-corrected chi connectivity index (χ1v) is 4.73. The number of benzene rings is 1. The Balaban J connectivity index is 3.10. The molecule has 1 rings (SSSR count). The Labute approximate surface area is 77.7 Å². The van der Waals surface area contributed by atoms with Crippen molar-refractivity contribution in [2.45, 2.75) is 26.2 Å². The minimum absolute atomic E-state index is 0.241. The van der Waals surface area contributed by atoms with Crippen LogP contribution in [0.25, 0.3) is 0 Å². The van der Waals surface area contributed by atoms with Crippen molar-refractivity contribution in [3.8, 4) is 0 Å². The van der Waals surface area contributed by atoms with Gasteiger partial charge in [0.05, 0.1) is 0 Å². The molecule has 62 valence electrons. The van der Waals surface area contributed by atoms with Crippen molar-refractivity contribution in [2.24, 2.45) is 0 Å². The van der Waals surface area contributed by atoms with E-state index < -0.39 is 0 Å². The van der Waals surface area contributed by atoms with E-state index in [-0.39, 0.29) is 5.41 Å². The Morgan fingerprint density at radius 1 is 1.25 bits per heavy atom. The lowest BCUT2D eigenvalue weighted by atomic mass is 9.86. The van der Waals surface area contributed by atoms with Gasteiger partial charge in [0.15, 0.2) is 0 Å². The Kier molecular flexibility index (Phi) is 2.63. The van der Waals surface area contributed by atoms with Crippen LogP contribution in [0.5, 0.6) is 0 Å². The molecule has 0 aliphatic carbocycles. The normalized spacial score (nSPS) is 11.2. The summed E-state index contributed by atoms with van der Waals surface area (Å²) in [7, 11) is 3.38. The van der Waals surface area contributed by atoms with Crippen LogP contribution in [-0.2, 0) is 5.41 Å². The predicted octanol–water partition coefficient (Wildman–Crippen LogP) is 2.30. The van der Waals surface area contributed by atoms with E-state index in [1.807, 2.05) is 5.67 Å². The van der Waals surface area contributed by atoms with Gasteiger partial charge >= 0.3 is 0 Å². The van der Waals surface area contributed by atoms with Crippen LogP contribution in [0.1, 0.15) is 31.9 Å². The van der Waals surface area contributed by atoms with Crippen molar-refractivity contribution in [3.63, 3.8) is 0 Å². The molecule has 0 nitrogen and oxygen atoms in total. The molecule has 0 aliphatic heterocycles. The smallest absolute Gasteiger partial charge is 0.0303 e. The summed E-state index contributed by atoms with van der Waals surface area (Å²) in [5.41, 5.74) is 4.77. The maximum atomic E-state index is 3.38. The van der Waals surface area contributed by atoms with Crippen molar-refractivity contribution in [2.75, 3.05) is 0 Å². The molecule has 0 saturated carbocycles. The van der Waals surface area contributed by atoms with Gasteiger partial charge in [0, 0.05) is 9.85 Å². The monoisotopic (exact) mass is 174 g/mol. The molecule has 12 heavy (non-hydrogen) atoms. The third kappa shape index (κ3) is 2.14. The van der Waals surface area contributed by atoms with Gasteiger partial charge in [-0.2, -0.15) is 0 Å². The van der Waals surface area contributed by atoms with Gasteiger partial charge in [-0.15, -0.1) is 0 Å². The summed E-state index contributed by atoms with van der Waals surface area (Å²) in [6.07, 6.45) is 0. The summed E-state index contributed by atoms with van der Waals surface area (Å²) >= 11 is 0. The lowest BCUT2D eigenvalue weighted by Gasteiger charge is -2.19. The standard InChI is InChI=1S/C11H14Si/c1-11(2,3)10-6-4-5-9(7-10)8-12/h4-8H,1-3H3. The molecular weight excluding hydrogens is 160 g/mol. The predicted molar refractivity (Wildman–Crippen MR) is 56.1 cm³/mol. The van der Waals surface area contributed by atoms with E-state index in [2.05, 4.69) is 54.9 Å². The zero-order valence-electron chi connectivity index (χ0n) is 7.89. The molecule has 0 aliphatic rings. The highest BCUT2D eigenvalue weighted by molar-refractivity contribution is 6.32. The van der Waals surface area contributed by atoms with Crippen molar-refractivity contribution < 1.29 is 0 Å². The largest absolute Gasteiger partial charge is 0.0737 e. The molecule has 0 heterocycles. The molecule has 1 heteroatoms. The van der Waals surface area contributed by atoms with E-state index in [4.69, 9.17) is 0 Å². The van der Waals surface area contributed by atoms with Crippen LogP contribution < -0.4 is 0 Å². The molecule has 0 spiro atoms. The average Bonchev–Trinajstić information content (AvgIpc) is 2.03. The van der Waals surface area contributed by atoms with Gasteiger partial charge in [-0.3, -0.25) is 0 Å². The summed E-state index contributed by atoms with van der Waals surface area (Å²) in [4.78, 5) is 0. The summed E-state index contributed by atoms with van der Waals surface area (Å²) in [5, 5.41) is 0. The Bertz CT molecular complexity index is 281. The van der Waals surface area contributed by atoms with Crippen LogP contribution in [0.15, 0.2) is 24.3 Å². The molecule has 0 N–H and O–H groups in total. The van der Waals surface area contributed by atoms with E-state index in [1.54, 1.807) is 0 Å². The van der Waals surface area contributed by atoms with Crippen LogP contribution in [0.3, 0.4) is 0 Å². The fourth-order valence-corrected chi connectivity index (χ4v) is 1.27. The second-order valence-corrected chi connectivity index (χ2v) is 4.31. The summed E-state index contributed by atoms with van der Waals surface area (Å²) < 4.78 is 0. The fraction of sp³-hybridized carbons (Fsp3) is 0.364. The molecular formula is C11H14Si. The highest BCUT2D eigenvalue weighted by Crippen LogP contribution is 2.22. The first-order valence-electron chi connectivity index (χ1n) is 4.15. The van der Waals surface area contributed by atoms with Crippen molar-refractivity contribution >= 4 is 15.5 Å². The van der Waals surface area contributed by atoms with Crippen LogP contribution in [0, 0.1) is 0 Å². The van der Waals surface area contributed by atoms with Crippen molar-refractivity contribution in [1.29, 1.82) is 0 Å².